The first-order valence-corrected chi connectivity index (χ1v) is 18.8. The molecule has 0 fully saturated rings. The summed E-state index contributed by atoms with van der Waals surface area (Å²) in [5, 5.41) is 147. The number of phenolic OH excluding ortho intramolecular Hbond substituents is 14. The second-order valence-electron chi connectivity index (χ2n) is 14.8. The first kappa shape index (κ1) is 41.8. The van der Waals surface area contributed by atoms with E-state index in [1.807, 2.05) is 0 Å². The second kappa shape index (κ2) is 15.5. The highest BCUT2D eigenvalue weighted by Gasteiger charge is 2.43. The van der Waals surface area contributed by atoms with E-state index in [2.05, 4.69) is 0 Å². The molecule has 0 saturated heterocycles. The lowest BCUT2D eigenvalue weighted by atomic mass is 9.86. The molecule has 8 rings (SSSR count). The minimum absolute atomic E-state index is 0.0456. The molecule has 0 aromatic heterocycles. The van der Waals surface area contributed by atoms with Crippen molar-refractivity contribution in [2.45, 2.75) is 37.3 Å². The molecular weight excluding hydrogens is 848 g/mol. The number of hydrogen-bond donors (Lipinski definition) is 14. The van der Waals surface area contributed by atoms with Crippen molar-refractivity contribution < 1.29 is 100 Å². The fraction of sp³-hybridized carbons (Fsp3) is 0.136. The van der Waals surface area contributed by atoms with Gasteiger partial charge in [0.1, 0.15) is 46.7 Å². The topological polar surface area (TPSA) is 354 Å². The average molecular weight is 883 g/mol. The molecule has 0 saturated carbocycles. The first-order chi connectivity index (χ1) is 30.3. The minimum Gasteiger partial charge on any atom is -0.507 e. The summed E-state index contributed by atoms with van der Waals surface area (Å²) in [5.74, 6) is -13.4. The van der Waals surface area contributed by atoms with E-state index in [1.54, 1.807) is 0 Å². The van der Waals surface area contributed by atoms with Crippen LogP contribution in [0.2, 0.25) is 0 Å². The van der Waals surface area contributed by atoms with Gasteiger partial charge in [-0.25, -0.2) is 9.59 Å². The Kier molecular flexibility index (Phi) is 10.1. The number of carbonyl (C=O) groups is 2. The molecule has 20 heteroatoms. The summed E-state index contributed by atoms with van der Waals surface area (Å²) in [4.78, 5) is 26.9. The monoisotopic (exact) mass is 882 g/mol. The third-order valence-corrected chi connectivity index (χ3v) is 10.7. The zero-order valence-corrected chi connectivity index (χ0v) is 32.4. The van der Waals surface area contributed by atoms with Crippen molar-refractivity contribution in [3.8, 4) is 103 Å². The standard InChI is InChI=1S/C44H34O20/c45-21-3-1-15(5-25(21)49)39-33(61-43(59)17-7-29(53)37(57)30(54)8-17)11-19-23(47)13-27(51)35(41(19)63-39)36-28(52)14-24(48)20-12-34(62-44(60)18-9-31(55)38(58)32(56)10-18)40(64-42(20)36)16-2-4-22(46)26(50)6-16/h1-10,13-14,33-34,39-40,45-58H,11-12H2/t33-,34-,39+,40+/m0/s1. The number of fused-ring (bicyclic) bond motifs is 2. The molecule has 0 bridgehead atoms. The van der Waals surface area contributed by atoms with E-state index < -0.39 is 141 Å². The van der Waals surface area contributed by atoms with E-state index in [9.17, 15) is 81.1 Å². The number of benzene rings is 6. The highest BCUT2D eigenvalue weighted by molar-refractivity contribution is 5.93. The summed E-state index contributed by atoms with van der Waals surface area (Å²) in [6.45, 7) is 0. The maximum absolute atomic E-state index is 13.5. The van der Waals surface area contributed by atoms with Gasteiger partial charge in [-0.2, -0.15) is 0 Å². The fourth-order valence-electron chi connectivity index (χ4n) is 7.57. The quantitative estimate of drug-likeness (QED) is 0.0737. The van der Waals surface area contributed by atoms with Gasteiger partial charge in [0.25, 0.3) is 0 Å². The maximum Gasteiger partial charge on any atom is 0.338 e. The zero-order chi connectivity index (χ0) is 46.0. The predicted octanol–water partition coefficient (Wildman–Crippen LogP) is 5.04. The van der Waals surface area contributed by atoms with Crippen LogP contribution in [0.3, 0.4) is 0 Å². The van der Waals surface area contributed by atoms with Crippen molar-refractivity contribution in [3.05, 3.63) is 106 Å². The lowest BCUT2D eigenvalue weighted by molar-refractivity contribution is -0.0197. The van der Waals surface area contributed by atoms with Gasteiger partial charge in [0.2, 0.25) is 0 Å². The van der Waals surface area contributed by atoms with Crippen LogP contribution in [0.25, 0.3) is 11.1 Å². The van der Waals surface area contributed by atoms with Gasteiger partial charge in [-0.05, 0) is 48.5 Å². The van der Waals surface area contributed by atoms with E-state index in [-0.39, 0.29) is 44.9 Å². The van der Waals surface area contributed by atoms with Gasteiger partial charge in [0.15, 0.2) is 69.7 Å². The van der Waals surface area contributed by atoms with Crippen LogP contribution in [-0.4, -0.2) is 95.6 Å². The highest BCUT2D eigenvalue weighted by Crippen LogP contribution is 2.58. The number of hydrogen-bond acceptors (Lipinski definition) is 20. The summed E-state index contributed by atoms with van der Waals surface area (Å²) >= 11 is 0. The number of rotatable bonds is 7. The van der Waals surface area contributed by atoms with Gasteiger partial charge in [-0.1, -0.05) is 12.1 Å². The molecule has 2 aliphatic heterocycles. The van der Waals surface area contributed by atoms with Gasteiger partial charge in [-0.15, -0.1) is 0 Å². The Labute approximate surface area is 358 Å². The van der Waals surface area contributed by atoms with E-state index in [1.165, 1.54) is 12.1 Å². The predicted molar refractivity (Wildman–Crippen MR) is 214 cm³/mol. The highest BCUT2D eigenvalue weighted by atomic mass is 16.6. The molecule has 64 heavy (non-hydrogen) atoms. The molecule has 14 N–H and O–H groups in total. The van der Waals surface area contributed by atoms with Crippen LogP contribution in [0.4, 0.5) is 0 Å². The van der Waals surface area contributed by atoms with Crippen molar-refractivity contribution in [1.82, 2.24) is 0 Å². The Morgan fingerprint density at radius 3 is 1.08 bits per heavy atom. The van der Waals surface area contributed by atoms with E-state index >= 15 is 0 Å². The van der Waals surface area contributed by atoms with Crippen molar-refractivity contribution in [2.24, 2.45) is 0 Å². The Morgan fingerprint density at radius 2 is 0.750 bits per heavy atom. The number of esters is 2. The lowest BCUT2D eigenvalue weighted by Gasteiger charge is -2.37. The lowest BCUT2D eigenvalue weighted by Crippen LogP contribution is -2.35. The smallest absolute Gasteiger partial charge is 0.338 e. The van der Waals surface area contributed by atoms with E-state index in [0.717, 1.165) is 60.7 Å². The van der Waals surface area contributed by atoms with Gasteiger partial charge in [-0.3, -0.25) is 0 Å². The molecule has 20 nitrogen and oxygen atoms in total. The van der Waals surface area contributed by atoms with Gasteiger partial charge in [0.05, 0.1) is 22.3 Å². The molecule has 0 radical (unpaired) electrons. The number of phenols is 14. The number of ether oxygens (including phenoxy) is 4. The van der Waals surface area contributed by atoms with Gasteiger partial charge in [0, 0.05) is 47.2 Å². The molecule has 0 amide bonds. The van der Waals surface area contributed by atoms with Crippen LogP contribution in [0, 0.1) is 0 Å². The van der Waals surface area contributed by atoms with Crippen LogP contribution < -0.4 is 9.47 Å². The van der Waals surface area contributed by atoms with Gasteiger partial charge < -0.3 is 90.4 Å². The average Bonchev–Trinajstić information content (AvgIpc) is 3.24. The van der Waals surface area contributed by atoms with Crippen LogP contribution in [0.5, 0.6) is 92.0 Å². The Balaban J connectivity index is 1.26. The Hall–Kier alpha value is -8.94. The fourth-order valence-corrected chi connectivity index (χ4v) is 7.57. The van der Waals surface area contributed by atoms with Crippen molar-refractivity contribution in [3.63, 3.8) is 0 Å². The molecule has 0 aliphatic carbocycles. The molecule has 4 atom stereocenters. The number of aromatic hydroxyl groups is 14. The third kappa shape index (κ3) is 7.23. The van der Waals surface area contributed by atoms with E-state index in [4.69, 9.17) is 18.9 Å². The van der Waals surface area contributed by atoms with Crippen molar-refractivity contribution in [1.29, 1.82) is 0 Å². The SMILES string of the molecule is O=C(O[C@H]1Cc2c(O)cc(O)c(-c3c(O)cc(O)c4c3O[C@H](c3ccc(O)c(O)c3)[C@@H](OC(=O)c3cc(O)c(O)c(O)c3)C4)c2O[C@@H]1c1ccc(O)c(O)c1)c1cc(O)c(O)c(O)c1. The molecule has 330 valence electrons. The third-order valence-electron chi connectivity index (χ3n) is 10.7. The van der Waals surface area contributed by atoms with Gasteiger partial charge >= 0.3 is 11.9 Å². The molecule has 6 aromatic rings. The van der Waals surface area contributed by atoms with Crippen LogP contribution in [0.1, 0.15) is 55.2 Å². The molecule has 2 aliphatic rings. The van der Waals surface area contributed by atoms with E-state index in [0.29, 0.717) is 0 Å². The molecule has 0 spiro atoms. The largest absolute Gasteiger partial charge is 0.507 e. The molecule has 6 aromatic carbocycles. The van der Waals surface area contributed by atoms with Crippen molar-refractivity contribution in [2.75, 3.05) is 0 Å². The summed E-state index contributed by atoms with van der Waals surface area (Å²) < 4.78 is 24.3. The number of carbonyl (C=O) groups excluding carboxylic acids is 2. The summed E-state index contributed by atoms with van der Waals surface area (Å²) in [5.41, 5.74) is -1.83. The van der Waals surface area contributed by atoms with Crippen LogP contribution >= 0.6 is 0 Å². The first-order valence-electron chi connectivity index (χ1n) is 18.8. The van der Waals surface area contributed by atoms with Crippen LogP contribution in [-0.2, 0) is 22.3 Å². The van der Waals surface area contributed by atoms with Crippen LogP contribution in [0.15, 0.2) is 72.8 Å². The summed E-state index contributed by atoms with van der Waals surface area (Å²) in [6, 6.07) is 11.8. The second-order valence-corrected chi connectivity index (χ2v) is 14.8. The Morgan fingerprint density at radius 1 is 0.406 bits per heavy atom. The zero-order valence-electron chi connectivity index (χ0n) is 32.4. The maximum atomic E-state index is 13.5. The molecular formula is C44H34O20. The minimum atomic E-state index is -1.48. The Bertz CT molecular complexity index is 2680. The summed E-state index contributed by atoms with van der Waals surface area (Å²) in [7, 11) is 0. The summed E-state index contributed by atoms with van der Waals surface area (Å²) in [6.07, 6.45) is -6.73. The molecule has 2 heterocycles. The molecule has 0 unspecified atom stereocenters. The van der Waals surface area contributed by atoms with Crippen molar-refractivity contribution >= 4 is 11.9 Å². The normalized spacial score (nSPS) is 17.6.